The predicted octanol–water partition coefficient (Wildman–Crippen LogP) is 5.06. The molecule has 1 aromatic carbocycles. The number of aromatic nitrogens is 6. The van der Waals surface area contributed by atoms with Crippen molar-refractivity contribution in [3.63, 3.8) is 0 Å². The van der Waals surface area contributed by atoms with Crippen LogP contribution in [0.25, 0.3) is 33.8 Å². The smallest absolute Gasteiger partial charge is 0.137 e. The Kier molecular flexibility index (Phi) is 4.98. The summed E-state index contributed by atoms with van der Waals surface area (Å²) in [4.78, 5) is 16.1. The maximum absolute atomic E-state index is 5.99. The first-order valence-electron chi connectivity index (χ1n) is 9.94. The van der Waals surface area contributed by atoms with Crippen molar-refractivity contribution in [2.75, 3.05) is 0 Å². The van der Waals surface area contributed by atoms with Crippen LogP contribution in [-0.2, 0) is 0 Å². The molecule has 5 rings (SSSR count). The van der Waals surface area contributed by atoms with Crippen molar-refractivity contribution < 1.29 is 4.74 Å². The zero-order chi connectivity index (χ0) is 21.0. The molecule has 0 fully saturated rings. The lowest BCUT2D eigenvalue weighted by atomic mass is 10.0. The Balaban J connectivity index is 1.39. The second kappa shape index (κ2) is 8.23. The number of hydrogen-bond donors (Lipinski definition) is 2. The van der Waals surface area contributed by atoms with Gasteiger partial charge in [0.15, 0.2) is 0 Å². The quantitative estimate of drug-likeness (QED) is 0.409. The summed E-state index contributed by atoms with van der Waals surface area (Å²) in [5.74, 6) is 0.786. The highest BCUT2D eigenvalue weighted by molar-refractivity contribution is 5.80. The standard InChI is InChI=1S/C24H20N6O/c1-16(23-14-25-15-28-23)31-19-7-5-17(6-8-19)22-12-18(9-11-27-22)20-13-29-30-24(20)21-4-2-3-10-26-21/h2-16H,1H3,(H,25,28)(H,29,30). The number of hydrogen-bond acceptors (Lipinski definition) is 5. The van der Waals surface area contributed by atoms with Gasteiger partial charge in [-0.3, -0.25) is 15.1 Å². The molecule has 0 amide bonds. The highest BCUT2D eigenvalue weighted by Gasteiger charge is 2.13. The van der Waals surface area contributed by atoms with E-state index in [1.165, 1.54) is 0 Å². The van der Waals surface area contributed by atoms with Gasteiger partial charge in [0.25, 0.3) is 0 Å². The van der Waals surface area contributed by atoms with Crippen LogP contribution < -0.4 is 4.74 Å². The van der Waals surface area contributed by atoms with Crippen LogP contribution in [0, 0.1) is 0 Å². The van der Waals surface area contributed by atoms with Gasteiger partial charge in [0, 0.05) is 23.5 Å². The van der Waals surface area contributed by atoms with Crippen LogP contribution >= 0.6 is 0 Å². The molecule has 5 aromatic rings. The van der Waals surface area contributed by atoms with Gasteiger partial charge in [0.1, 0.15) is 11.9 Å². The Morgan fingerprint density at radius 1 is 0.871 bits per heavy atom. The molecular weight excluding hydrogens is 388 g/mol. The van der Waals surface area contributed by atoms with E-state index in [1.807, 2.05) is 67.8 Å². The minimum Gasteiger partial charge on any atom is -0.484 e. The van der Waals surface area contributed by atoms with Gasteiger partial charge in [-0.2, -0.15) is 5.10 Å². The monoisotopic (exact) mass is 408 g/mol. The molecule has 1 unspecified atom stereocenters. The molecule has 1 atom stereocenters. The van der Waals surface area contributed by atoms with Gasteiger partial charge in [0.2, 0.25) is 0 Å². The molecule has 0 aliphatic heterocycles. The zero-order valence-corrected chi connectivity index (χ0v) is 16.9. The Labute approximate surface area is 179 Å². The van der Waals surface area contributed by atoms with E-state index in [-0.39, 0.29) is 6.10 Å². The van der Waals surface area contributed by atoms with E-state index < -0.39 is 0 Å². The topological polar surface area (TPSA) is 92.4 Å². The van der Waals surface area contributed by atoms with E-state index in [2.05, 4.69) is 36.2 Å². The molecule has 0 bridgehead atoms. The lowest BCUT2D eigenvalue weighted by Gasteiger charge is -2.13. The van der Waals surface area contributed by atoms with Crippen molar-refractivity contribution in [3.8, 4) is 39.5 Å². The third-order valence-electron chi connectivity index (χ3n) is 5.05. The van der Waals surface area contributed by atoms with Crippen molar-refractivity contribution in [1.29, 1.82) is 0 Å². The van der Waals surface area contributed by atoms with Crippen molar-refractivity contribution >= 4 is 0 Å². The number of imidazole rings is 1. The summed E-state index contributed by atoms with van der Waals surface area (Å²) in [6, 6.07) is 17.8. The lowest BCUT2D eigenvalue weighted by molar-refractivity contribution is 0.222. The number of nitrogens with one attached hydrogen (secondary N) is 2. The van der Waals surface area contributed by atoms with Gasteiger partial charge in [-0.25, -0.2) is 4.98 Å². The minimum absolute atomic E-state index is 0.110. The van der Waals surface area contributed by atoms with E-state index in [0.717, 1.165) is 45.2 Å². The molecule has 4 heterocycles. The van der Waals surface area contributed by atoms with E-state index in [1.54, 1.807) is 18.7 Å². The summed E-state index contributed by atoms with van der Waals surface area (Å²) >= 11 is 0. The first-order valence-corrected chi connectivity index (χ1v) is 9.94. The first-order chi connectivity index (χ1) is 15.3. The summed E-state index contributed by atoms with van der Waals surface area (Å²) in [6.45, 7) is 1.98. The Morgan fingerprint density at radius 3 is 2.52 bits per heavy atom. The van der Waals surface area contributed by atoms with Crippen LogP contribution in [-0.4, -0.2) is 30.1 Å². The zero-order valence-electron chi connectivity index (χ0n) is 16.9. The summed E-state index contributed by atoms with van der Waals surface area (Å²) in [5.41, 5.74) is 6.55. The molecule has 4 aromatic heterocycles. The number of pyridine rings is 2. The second-order valence-electron chi connectivity index (χ2n) is 7.09. The van der Waals surface area contributed by atoms with Crippen LogP contribution in [0.3, 0.4) is 0 Å². The van der Waals surface area contributed by atoms with Crippen molar-refractivity contribution in [2.24, 2.45) is 0 Å². The normalized spacial score (nSPS) is 11.9. The molecule has 152 valence electrons. The Bertz CT molecular complexity index is 1260. The van der Waals surface area contributed by atoms with Crippen molar-refractivity contribution in [1.82, 2.24) is 30.1 Å². The fourth-order valence-electron chi connectivity index (χ4n) is 3.43. The largest absolute Gasteiger partial charge is 0.484 e. The third-order valence-corrected chi connectivity index (χ3v) is 5.05. The van der Waals surface area contributed by atoms with Gasteiger partial charge in [0.05, 0.1) is 41.5 Å². The molecule has 0 saturated carbocycles. The average molecular weight is 408 g/mol. The van der Waals surface area contributed by atoms with Gasteiger partial charge in [-0.1, -0.05) is 6.07 Å². The van der Waals surface area contributed by atoms with E-state index in [4.69, 9.17) is 4.74 Å². The average Bonchev–Trinajstić information content (AvgIpc) is 3.53. The Morgan fingerprint density at radius 2 is 1.74 bits per heavy atom. The molecule has 7 heteroatoms. The fraction of sp³-hybridized carbons (Fsp3) is 0.0833. The predicted molar refractivity (Wildman–Crippen MR) is 118 cm³/mol. The number of ether oxygens (including phenoxy) is 1. The number of rotatable bonds is 6. The molecule has 7 nitrogen and oxygen atoms in total. The Hall–Kier alpha value is -4.26. The first kappa shape index (κ1) is 18.7. The van der Waals surface area contributed by atoms with Gasteiger partial charge < -0.3 is 9.72 Å². The molecule has 31 heavy (non-hydrogen) atoms. The van der Waals surface area contributed by atoms with Crippen molar-refractivity contribution in [2.45, 2.75) is 13.0 Å². The fourth-order valence-corrected chi connectivity index (χ4v) is 3.43. The van der Waals surface area contributed by atoms with E-state index in [9.17, 15) is 0 Å². The minimum atomic E-state index is -0.110. The molecule has 0 saturated heterocycles. The second-order valence-corrected chi connectivity index (χ2v) is 7.09. The summed E-state index contributed by atoms with van der Waals surface area (Å²) in [7, 11) is 0. The lowest BCUT2D eigenvalue weighted by Crippen LogP contribution is -2.03. The summed E-state index contributed by atoms with van der Waals surface area (Å²) in [5, 5.41) is 7.29. The van der Waals surface area contributed by atoms with Crippen LogP contribution in [0.4, 0.5) is 0 Å². The van der Waals surface area contributed by atoms with Gasteiger partial charge in [-0.15, -0.1) is 0 Å². The molecule has 0 radical (unpaired) electrons. The van der Waals surface area contributed by atoms with Crippen LogP contribution in [0.2, 0.25) is 0 Å². The SMILES string of the molecule is CC(Oc1ccc(-c2cc(-c3cn[nH]c3-c3ccccn3)ccn2)cc1)c1cnc[nH]1. The van der Waals surface area contributed by atoms with E-state index >= 15 is 0 Å². The number of aromatic amines is 2. The van der Waals surface area contributed by atoms with Crippen LogP contribution in [0.5, 0.6) is 5.75 Å². The highest BCUT2D eigenvalue weighted by atomic mass is 16.5. The van der Waals surface area contributed by atoms with Crippen LogP contribution in [0.1, 0.15) is 18.7 Å². The summed E-state index contributed by atoms with van der Waals surface area (Å²) < 4.78 is 5.99. The summed E-state index contributed by atoms with van der Waals surface area (Å²) in [6.07, 6.45) is 8.71. The van der Waals surface area contributed by atoms with Crippen molar-refractivity contribution in [3.05, 3.63) is 91.4 Å². The number of nitrogens with zero attached hydrogens (tertiary/aromatic N) is 4. The van der Waals surface area contributed by atoms with Gasteiger partial charge in [-0.05, 0) is 61.0 Å². The van der Waals surface area contributed by atoms with E-state index in [0.29, 0.717) is 0 Å². The highest BCUT2D eigenvalue weighted by Crippen LogP contribution is 2.31. The third kappa shape index (κ3) is 3.93. The molecule has 0 spiro atoms. The molecular formula is C24H20N6O. The number of H-pyrrole nitrogens is 2. The maximum Gasteiger partial charge on any atom is 0.137 e. The maximum atomic E-state index is 5.99. The molecule has 0 aliphatic rings. The van der Waals surface area contributed by atoms with Gasteiger partial charge >= 0.3 is 0 Å². The number of benzene rings is 1. The molecule has 2 N–H and O–H groups in total. The molecule has 0 aliphatic carbocycles. The van der Waals surface area contributed by atoms with Crippen LogP contribution in [0.15, 0.2) is 85.7 Å².